The van der Waals surface area contributed by atoms with Crippen LogP contribution < -0.4 is 5.32 Å². The van der Waals surface area contributed by atoms with Crippen LogP contribution in [0.2, 0.25) is 5.02 Å². The van der Waals surface area contributed by atoms with Gasteiger partial charge in [0.05, 0.1) is 17.1 Å². The van der Waals surface area contributed by atoms with Gasteiger partial charge in [0.2, 0.25) is 5.91 Å². The largest absolute Gasteiger partial charge is 0.421 e. The monoisotopic (exact) mass is 449 g/mol. The van der Waals surface area contributed by atoms with Crippen molar-refractivity contribution in [1.29, 1.82) is 0 Å². The molecule has 1 unspecified atom stereocenters. The Kier molecular flexibility index (Phi) is 6.66. The summed E-state index contributed by atoms with van der Waals surface area (Å²) in [7, 11) is -3.34. The van der Waals surface area contributed by atoms with Crippen LogP contribution in [0.1, 0.15) is 25.0 Å². The van der Waals surface area contributed by atoms with Crippen LogP contribution in [0.5, 0.6) is 0 Å². The number of carbonyl (C=O) groups excluding carboxylic acids is 1. The number of nitrogens with one attached hydrogen (secondary N) is 1. The fourth-order valence-corrected chi connectivity index (χ4v) is 3.76. The first-order valence-electron chi connectivity index (χ1n) is 8.48. The van der Waals surface area contributed by atoms with E-state index in [1.165, 1.54) is 37.3 Å². The lowest BCUT2D eigenvalue weighted by molar-refractivity contribution is -0.258. The number of hydrogen-bond acceptors (Lipinski definition) is 4. The van der Waals surface area contributed by atoms with Crippen molar-refractivity contribution in [3.63, 3.8) is 0 Å². The van der Waals surface area contributed by atoms with Gasteiger partial charge in [-0.2, -0.15) is 13.2 Å². The first-order valence-corrected chi connectivity index (χ1v) is 10.5. The van der Waals surface area contributed by atoms with E-state index in [0.717, 1.165) is 12.1 Å². The Morgan fingerprint density at radius 1 is 1.14 bits per heavy atom. The molecule has 0 aliphatic rings. The zero-order valence-corrected chi connectivity index (χ0v) is 17.1. The molecule has 0 radical (unpaired) electrons. The van der Waals surface area contributed by atoms with Gasteiger partial charge in [0.1, 0.15) is 0 Å². The van der Waals surface area contributed by atoms with Crippen molar-refractivity contribution in [2.45, 2.75) is 36.9 Å². The highest BCUT2D eigenvalue weighted by atomic mass is 35.5. The van der Waals surface area contributed by atoms with Crippen molar-refractivity contribution in [3.8, 4) is 0 Å². The van der Waals surface area contributed by atoms with E-state index in [4.69, 9.17) is 11.6 Å². The maximum Gasteiger partial charge on any atom is 0.421 e. The molecule has 0 saturated carbocycles. The minimum absolute atomic E-state index is 0.0369. The van der Waals surface area contributed by atoms with E-state index < -0.39 is 33.1 Å². The van der Waals surface area contributed by atoms with Crippen molar-refractivity contribution >= 4 is 33.0 Å². The van der Waals surface area contributed by atoms with E-state index in [1.807, 2.05) is 0 Å². The molecule has 1 amide bonds. The molecule has 0 aliphatic carbocycles. The van der Waals surface area contributed by atoms with Crippen molar-refractivity contribution in [2.24, 2.45) is 0 Å². The number of halogens is 4. The third-order valence-electron chi connectivity index (χ3n) is 4.36. The predicted molar refractivity (Wildman–Crippen MR) is 104 cm³/mol. The Hall–Kier alpha value is -2.10. The molecule has 0 fully saturated rings. The molecule has 2 aromatic rings. The van der Waals surface area contributed by atoms with Crippen LogP contribution in [0.4, 0.5) is 18.9 Å². The zero-order chi connectivity index (χ0) is 22.0. The number of hydrogen-bond donors (Lipinski definition) is 2. The summed E-state index contributed by atoms with van der Waals surface area (Å²) in [5.74, 6) is -0.507. The second-order valence-corrected chi connectivity index (χ2v) is 9.22. The van der Waals surface area contributed by atoms with Crippen LogP contribution in [0.3, 0.4) is 0 Å². The van der Waals surface area contributed by atoms with Crippen molar-refractivity contribution < 1.29 is 31.5 Å². The van der Waals surface area contributed by atoms with E-state index in [-0.39, 0.29) is 27.8 Å². The zero-order valence-electron chi connectivity index (χ0n) is 15.5. The molecule has 0 saturated heterocycles. The van der Waals surface area contributed by atoms with Gasteiger partial charge in [0.15, 0.2) is 15.4 Å². The average Bonchev–Trinajstić information content (AvgIpc) is 2.61. The van der Waals surface area contributed by atoms with Gasteiger partial charge in [-0.3, -0.25) is 4.79 Å². The number of alkyl halides is 3. The molecule has 2 aromatic carbocycles. The molecule has 29 heavy (non-hydrogen) atoms. The molecule has 0 heterocycles. The Bertz CT molecular complexity index is 1000. The van der Waals surface area contributed by atoms with Gasteiger partial charge < -0.3 is 10.4 Å². The lowest BCUT2D eigenvalue weighted by Gasteiger charge is -2.27. The summed E-state index contributed by atoms with van der Waals surface area (Å²) >= 11 is 5.87. The summed E-state index contributed by atoms with van der Waals surface area (Å²) in [6.07, 6.45) is -5.00. The van der Waals surface area contributed by atoms with Crippen LogP contribution in [-0.2, 0) is 26.7 Å². The average molecular weight is 450 g/mol. The molecular formula is C19H19ClF3NO4S. The van der Waals surface area contributed by atoms with Crippen LogP contribution in [0.15, 0.2) is 47.4 Å². The maximum atomic E-state index is 13.0. The molecule has 1 atom stereocenters. The Morgan fingerprint density at radius 2 is 1.72 bits per heavy atom. The van der Waals surface area contributed by atoms with Gasteiger partial charge in [0.25, 0.3) is 0 Å². The molecule has 0 spiro atoms. The van der Waals surface area contributed by atoms with E-state index in [1.54, 1.807) is 0 Å². The maximum absolute atomic E-state index is 13.0. The number of sulfone groups is 1. The second kappa shape index (κ2) is 8.33. The van der Waals surface area contributed by atoms with Crippen LogP contribution in [0.25, 0.3) is 0 Å². The molecule has 0 bridgehead atoms. The summed E-state index contributed by atoms with van der Waals surface area (Å²) in [5.41, 5.74) is -2.95. The summed E-state index contributed by atoms with van der Waals surface area (Å²) in [4.78, 5) is 12.3. The summed E-state index contributed by atoms with van der Waals surface area (Å²) in [5, 5.41) is 11.9. The first-order chi connectivity index (χ1) is 13.3. The van der Waals surface area contributed by atoms with Gasteiger partial charge in [-0.1, -0.05) is 36.7 Å². The van der Waals surface area contributed by atoms with E-state index in [2.05, 4.69) is 5.32 Å². The number of rotatable bonds is 6. The lowest BCUT2D eigenvalue weighted by Crippen LogP contribution is -2.39. The lowest BCUT2D eigenvalue weighted by atomic mass is 9.95. The fourth-order valence-electron chi connectivity index (χ4n) is 2.51. The highest BCUT2D eigenvalue weighted by molar-refractivity contribution is 7.91. The quantitative estimate of drug-likeness (QED) is 0.696. The van der Waals surface area contributed by atoms with Gasteiger partial charge >= 0.3 is 6.18 Å². The standard InChI is InChI=1S/C19H19ClF3NO4S/c1-3-29(27,28)14-7-4-12(5-8-14)10-17(25)24-13-6-9-15(16(20)11-13)18(2,26)19(21,22)23/h4-9,11,26H,3,10H2,1-2H3,(H,24,25). The number of amides is 1. The van der Waals surface area contributed by atoms with Crippen molar-refractivity contribution in [2.75, 3.05) is 11.1 Å². The molecular weight excluding hydrogens is 431 g/mol. The minimum atomic E-state index is -4.92. The Morgan fingerprint density at radius 3 is 2.21 bits per heavy atom. The fraction of sp³-hybridized carbons (Fsp3) is 0.316. The highest BCUT2D eigenvalue weighted by Crippen LogP contribution is 2.41. The normalized spacial score (nSPS) is 14.3. The molecule has 2 rings (SSSR count). The molecule has 158 valence electrons. The SMILES string of the molecule is CCS(=O)(=O)c1ccc(CC(=O)Nc2ccc(C(C)(O)C(F)(F)F)c(Cl)c2)cc1. The molecule has 0 aliphatic heterocycles. The van der Waals surface area contributed by atoms with E-state index >= 15 is 0 Å². The van der Waals surface area contributed by atoms with E-state index in [9.17, 15) is 31.5 Å². The summed E-state index contributed by atoms with van der Waals surface area (Å²) < 4.78 is 62.5. The summed E-state index contributed by atoms with van der Waals surface area (Å²) in [6, 6.07) is 9.16. The van der Waals surface area contributed by atoms with Crippen molar-refractivity contribution in [3.05, 3.63) is 58.6 Å². The highest BCUT2D eigenvalue weighted by Gasteiger charge is 2.52. The number of benzene rings is 2. The molecule has 5 nitrogen and oxygen atoms in total. The Labute approximate surface area is 171 Å². The van der Waals surface area contributed by atoms with Crippen molar-refractivity contribution in [1.82, 2.24) is 0 Å². The number of anilines is 1. The third kappa shape index (κ3) is 5.29. The van der Waals surface area contributed by atoms with Gasteiger partial charge in [0, 0.05) is 16.3 Å². The minimum Gasteiger partial charge on any atom is -0.376 e. The van der Waals surface area contributed by atoms with E-state index in [0.29, 0.717) is 12.5 Å². The van der Waals surface area contributed by atoms with Gasteiger partial charge in [-0.05, 0) is 36.8 Å². The number of aliphatic hydroxyl groups is 1. The number of carbonyl (C=O) groups is 1. The molecule has 0 aromatic heterocycles. The van der Waals surface area contributed by atoms with Gasteiger partial charge in [-0.15, -0.1) is 0 Å². The molecule has 10 heteroatoms. The topological polar surface area (TPSA) is 83.5 Å². The predicted octanol–water partition coefficient (Wildman–Crippen LogP) is 4.08. The van der Waals surface area contributed by atoms with Crippen LogP contribution >= 0.6 is 11.6 Å². The first kappa shape index (κ1) is 23.2. The molecule has 2 N–H and O–H groups in total. The third-order valence-corrected chi connectivity index (χ3v) is 6.42. The Balaban J connectivity index is 2.11. The van der Waals surface area contributed by atoms with Gasteiger partial charge in [-0.25, -0.2) is 8.42 Å². The summed E-state index contributed by atoms with van der Waals surface area (Å²) in [6.45, 7) is 2.12. The van der Waals surface area contributed by atoms with Crippen LogP contribution in [0, 0.1) is 0 Å². The smallest absolute Gasteiger partial charge is 0.376 e. The second-order valence-electron chi connectivity index (χ2n) is 6.54. The van der Waals surface area contributed by atoms with Crippen LogP contribution in [-0.4, -0.2) is 31.4 Å².